The number of fused-ring (bicyclic) bond motifs is 3. The van der Waals surface area contributed by atoms with E-state index < -0.39 is 17.9 Å². The quantitative estimate of drug-likeness (QED) is 0.0613. The molecule has 0 aliphatic heterocycles. The van der Waals surface area contributed by atoms with Crippen molar-refractivity contribution in [1.29, 1.82) is 0 Å². The number of hydrogen-bond donors (Lipinski definition) is 4. The number of aryl methyl sites for hydroxylation is 1. The van der Waals surface area contributed by atoms with E-state index in [-0.39, 0.29) is 35.1 Å². The highest BCUT2D eigenvalue weighted by Crippen LogP contribution is 2.23. The fraction of sp³-hybridized carbons (Fsp3) is 0.200. The lowest BCUT2D eigenvalue weighted by Crippen LogP contribution is -2.11. The number of halogens is 2. The number of pyridine rings is 1. The second kappa shape index (κ2) is 18.9. The van der Waals surface area contributed by atoms with Crippen molar-refractivity contribution in [2.45, 2.75) is 13.3 Å². The molecule has 3 aromatic heterocycles. The lowest BCUT2D eigenvalue weighted by atomic mass is 10.1. The molecule has 1 radical (unpaired) electrons. The Labute approximate surface area is 294 Å². The molecular weight excluding hydrogens is 729 g/mol. The molecule has 5 rings (SSSR count). The third-order valence-electron chi connectivity index (χ3n) is 6.31. The predicted octanol–water partition coefficient (Wildman–Crippen LogP) is 3.27. The summed E-state index contributed by atoms with van der Waals surface area (Å²) in [7, 11) is 6.09. The first-order valence-electron chi connectivity index (χ1n) is 13.8. The Balaban J connectivity index is 0.000000264. The number of nitrogen functional groups attached to an aromatic ring is 1. The number of methoxy groups -OCH3 is 3. The highest BCUT2D eigenvalue weighted by molar-refractivity contribution is 9.10. The van der Waals surface area contributed by atoms with E-state index in [4.69, 9.17) is 10.8 Å². The van der Waals surface area contributed by atoms with Gasteiger partial charge in [0.15, 0.2) is 5.69 Å². The summed E-state index contributed by atoms with van der Waals surface area (Å²) in [4.78, 5) is 65.0. The number of carbonyl (C=O) groups excluding carboxylic acids is 3. The Morgan fingerprint density at radius 1 is 0.939 bits per heavy atom. The van der Waals surface area contributed by atoms with Gasteiger partial charge in [0.05, 0.1) is 42.6 Å². The minimum Gasteiger partial charge on any atom is -0.536 e. The highest BCUT2D eigenvalue weighted by Gasteiger charge is 2.14. The predicted molar refractivity (Wildman–Crippen MR) is 187 cm³/mol. The molecule has 0 amide bonds. The van der Waals surface area contributed by atoms with Crippen molar-refractivity contribution < 1.29 is 38.3 Å². The number of hydrogen-bond acceptors (Lipinski definition) is 15. The van der Waals surface area contributed by atoms with Crippen LogP contribution in [0, 0.1) is 0 Å². The smallest absolute Gasteiger partial charge is 0.536 e. The molecule has 0 saturated carbocycles. The summed E-state index contributed by atoms with van der Waals surface area (Å²) in [6.07, 6.45) is 3.80. The molecule has 5 N–H and O–H groups in total. The molecule has 0 saturated heterocycles. The van der Waals surface area contributed by atoms with Gasteiger partial charge >= 0.3 is 25.6 Å². The average molecular weight is 760 g/mol. The molecule has 0 unspecified atom stereocenters. The minimum absolute atomic E-state index is 0. The topological polar surface area (TPSA) is 231 Å². The van der Waals surface area contributed by atoms with Crippen LogP contribution in [0.4, 0.5) is 11.6 Å². The molecule has 16 nitrogen and oxygen atoms in total. The SMILES string of the molecule is CCc1ncc2c(n1)c(=O)[nH]c1cc(C(=O)OC)ccc12.CNc1ncc(Br)c(C(=O)OC)n1.COC(=O)c1ccc(O[B]O)c(N)c1.Cl. The van der Waals surface area contributed by atoms with Gasteiger partial charge in [-0.2, -0.15) is 0 Å². The van der Waals surface area contributed by atoms with E-state index in [2.05, 4.69) is 65.0 Å². The summed E-state index contributed by atoms with van der Waals surface area (Å²) in [5, 5.41) is 12.6. The third kappa shape index (κ3) is 10.1. The van der Waals surface area contributed by atoms with Crippen molar-refractivity contribution in [1.82, 2.24) is 24.9 Å². The maximum Gasteiger partial charge on any atom is 0.569 e. The summed E-state index contributed by atoms with van der Waals surface area (Å²) in [6.45, 7) is 1.93. The Hall–Kier alpha value is -5.33. The number of anilines is 2. The van der Waals surface area contributed by atoms with Crippen molar-refractivity contribution in [3.63, 3.8) is 0 Å². The number of esters is 3. The number of benzene rings is 2. The molecule has 49 heavy (non-hydrogen) atoms. The second-order valence-electron chi connectivity index (χ2n) is 9.21. The van der Waals surface area contributed by atoms with Gasteiger partial charge in [0, 0.05) is 42.2 Å². The van der Waals surface area contributed by atoms with Crippen LogP contribution >= 0.6 is 28.3 Å². The maximum absolute atomic E-state index is 12.1. The van der Waals surface area contributed by atoms with Crippen molar-refractivity contribution in [2.24, 2.45) is 0 Å². The van der Waals surface area contributed by atoms with E-state index in [0.717, 1.165) is 5.39 Å². The van der Waals surface area contributed by atoms with E-state index in [1.165, 1.54) is 45.7 Å². The Morgan fingerprint density at radius 3 is 2.14 bits per heavy atom. The van der Waals surface area contributed by atoms with Crippen LogP contribution in [0.25, 0.3) is 21.8 Å². The van der Waals surface area contributed by atoms with Gasteiger partial charge in [0.1, 0.15) is 17.1 Å². The van der Waals surface area contributed by atoms with Crippen LogP contribution < -0.4 is 21.3 Å². The zero-order valence-electron chi connectivity index (χ0n) is 26.8. The summed E-state index contributed by atoms with van der Waals surface area (Å²) in [5.74, 6) is -0.139. The molecule has 0 spiro atoms. The van der Waals surface area contributed by atoms with E-state index in [0.29, 0.717) is 57.9 Å². The van der Waals surface area contributed by atoms with Gasteiger partial charge in [-0.05, 0) is 46.3 Å². The fourth-order valence-corrected chi connectivity index (χ4v) is 4.31. The lowest BCUT2D eigenvalue weighted by molar-refractivity contribution is 0.0586. The molecule has 2 aromatic carbocycles. The minimum atomic E-state index is -0.495. The molecule has 0 atom stereocenters. The van der Waals surface area contributed by atoms with Crippen LogP contribution in [0.15, 0.2) is 58.1 Å². The van der Waals surface area contributed by atoms with E-state index in [9.17, 15) is 19.2 Å². The number of nitrogens with two attached hydrogens (primary N) is 1. The standard InChI is InChI=1S/C15H13N3O3.C8H9BNO4.C7H8BrN3O2.ClH/c1-3-12-16-7-10-9-5-4-8(15(20)21-2)6-11(9)17-14(19)13(10)18-12;1-13-8(11)5-2-3-7(14-9-12)6(10)4-5;1-9-7-10-3-4(8)5(11-7)6(12)13-2;/h4-7H,3H2,1-2H3,(H,17,19);2-4,12H,10H2,1H3;3H,1-2H3,(H,9,10,11);1H. The first-order chi connectivity index (χ1) is 23.0. The van der Waals surface area contributed by atoms with Gasteiger partial charge in [-0.15, -0.1) is 12.4 Å². The molecule has 3 heterocycles. The van der Waals surface area contributed by atoms with Crippen LogP contribution in [0.5, 0.6) is 5.75 Å². The van der Waals surface area contributed by atoms with Crippen molar-refractivity contribution >= 4 is 87.4 Å². The van der Waals surface area contributed by atoms with Crippen LogP contribution in [-0.4, -0.2) is 83.9 Å². The van der Waals surface area contributed by atoms with Gasteiger partial charge in [-0.3, -0.25) is 4.79 Å². The number of aromatic nitrogens is 5. The van der Waals surface area contributed by atoms with Crippen LogP contribution in [-0.2, 0) is 20.6 Å². The number of aromatic amines is 1. The summed E-state index contributed by atoms with van der Waals surface area (Å²) in [6, 6.07) is 9.37. The Morgan fingerprint density at radius 2 is 1.57 bits per heavy atom. The number of H-pyrrole nitrogens is 1. The molecule has 0 aliphatic rings. The monoisotopic (exact) mass is 758 g/mol. The van der Waals surface area contributed by atoms with Crippen LogP contribution in [0.1, 0.15) is 44.0 Å². The fourth-order valence-electron chi connectivity index (χ4n) is 3.95. The van der Waals surface area contributed by atoms with Crippen LogP contribution in [0.3, 0.4) is 0 Å². The molecule has 0 bridgehead atoms. The summed E-state index contributed by atoms with van der Waals surface area (Å²) in [5.41, 5.74) is 7.33. The Bertz CT molecular complexity index is 2020. The van der Waals surface area contributed by atoms with E-state index in [1.807, 2.05) is 6.92 Å². The first-order valence-corrected chi connectivity index (χ1v) is 14.6. The van der Waals surface area contributed by atoms with Gasteiger partial charge in [0.2, 0.25) is 5.95 Å². The van der Waals surface area contributed by atoms with Crippen molar-refractivity contribution in [3.8, 4) is 5.75 Å². The zero-order chi connectivity index (χ0) is 35.4. The molecule has 5 aromatic rings. The molecule has 19 heteroatoms. The highest BCUT2D eigenvalue weighted by atomic mass is 79.9. The van der Waals surface area contributed by atoms with E-state index >= 15 is 0 Å². The van der Waals surface area contributed by atoms with Crippen LogP contribution in [0.2, 0.25) is 0 Å². The second-order valence-corrected chi connectivity index (χ2v) is 10.1. The zero-order valence-corrected chi connectivity index (χ0v) is 29.2. The number of nitrogens with zero attached hydrogens (tertiary/aromatic N) is 4. The maximum atomic E-state index is 12.1. The molecule has 0 fully saturated rings. The molecule has 0 aliphatic carbocycles. The number of ether oxygens (including phenoxy) is 3. The lowest BCUT2D eigenvalue weighted by Gasteiger charge is -2.06. The van der Waals surface area contributed by atoms with Crippen molar-refractivity contribution in [2.75, 3.05) is 39.4 Å². The summed E-state index contributed by atoms with van der Waals surface area (Å²) >= 11 is 3.15. The number of nitrogens with one attached hydrogen (secondary N) is 2. The molecular formula is C30H31BBrClN7O9. The largest absolute Gasteiger partial charge is 0.569 e. The third-order valence-corrected chi connectivity index (χ3v) is 6.89. The first kappa shape index (κ1) is 39.9. The van der Waals surface area contributed by atoms with Gasteiger partial charge < -0.3 is 39.9 Å². The normalized spacial score (nSPS) is 9.86. The van der Waals surface area contributed by atoms with E-state index in [1.54, 1.807) is 31.4 Å². The van der Waals surface area contributed by atoms with Gasteiger partial charge in [-0.25, -0.2) is 34.3 Å². The van der Waals surface area contributed by atoms with Gasteiger partial charge in [-0.1, -0.05) is 13.0 Å². The number of rotatable bonds is 7. The van der Waals surface area contributed by atoms with Gasteiger partial charge in [0.25, 0.3) is 5.56 Å². The van der Waals surface area contributed by atoms with Crippen molar-refractivity contribution in [3.05, 3.63) is 86.3 Å². The number of carbonyl (C=O) groups is 3. The molecule has 257 valence electrons. The Kier molecular flexibility index (Phi) is 15.3. The summed E-state index contributed by atoms with van der Waals surface area (Å²) < 4.78 is 18.9. The average Bonchev–Trinajstić information content (AvgIpc) is 3.11.